The van der Waals surface area contributed by atoms with Gasteiger partial charge in [0.15, 0.2) is 0 Å². The van der Waals surface area contributed by atoms with Gasteiger partial charge in [0.1, 0.15) is 12.0 Å². The first-order valence-corrected chi connectivity index (χ1v) is 4.79. The molecule has 76 valence electrons. The lowest BCUT2D eigenvalue weighted by atomic mass is 9.99. The number of benzene rings is 1. The number of hydrogen-bond acceptors (Lipinski definition) is 2. The van der Waals surface area contributed by atoms with Gasteiger partial charge in [0, 0.05) is 6.42 Å². The van der Waals surface area contributed by atoms with Crippen LogP contribution in [0.2, 0.25) is 0 Å². The molecule has 0 aromatic heterocycles. The highest BCUT2D eigenvalue weighted by Gasteiger charge is 2.07. The zero-order chi connectivity index (χ0) is 10.6. The van der Waals surface area contributed by atoms with E-state index in [1.807, 2.05) is 18.2 Å². The van der Waals surface area contributed by atoms with Crippen LogP contribution in [0.25, 0.3) is 0 Å². The van der Waals surface area contributed by atoms with Crippen molar-refractivity contribution in [1.29, 1.82) is 0 Å². The molecule has 0 heterocycles. The maximum absolute atomic E-state index is 10.4. The second kappa shape index (κ2) is 4.80. The van der Waals surface area contributed by atoms with Crippen LogP contribution >= 0.6 is 0 Å². The van der Waals surface area contributed by atoms with Crippen molar-refractivity contribution >= 4 is 6.29 Å². The molecule has 0 amide bonds. The van der Waals surface area contributed by atoms with Gasteiger partial charge in [-0.2, -0.15) is 0 Å². The highest BCUT2D eigenvalue weighted by atomic mass is 16.5. The lowest BCUT2D eigenvalue weighted by Crippen LogP contribution is -1.96. The second-order valence-corrected chi connectivity index (χ2v) is 3.60. The first kappa shape index (κ1) is 10.8. The zero-order valence-corrected chi connectivity index (χ0v) is 8.91. The van der Waals surface area contributed by atoms with Crippen LogP contribution in [-0.4, -0.2) is 13.4 Å². The molecule has 2 nitrogen and oxygen atoms in total. The molecule has 0 bridgehead atoms. The fraction of sp³-hybridized carbons (Fsp3) is 0.417. The van der Waals surface area contributed by atoms with E-state index in [1.54, 1.807) is 7.11 Å². The van der Waals surface area contributed by atoms with Crippen molar-refractivity contribution in [2.24, 2.45) is 0 Å². The van der Waals surface area contributed by atoms with Crippen LogP contribution in [0.5, 0.6) is 5.75 Å². The molecular weight excluding hydrogens is 176 g/mol. The van der Waals surface area contributed by atoms with Gasteiger partial charge in [0.25, 0.3) is 0 Å². The van der Waals surface area contributed by atoms with E-state index in [9.17, 15) is 4.79 Å². The van der Waals surface area contributed by atoms with Crippen LogP contribution in [0.3, 0.4) is 0 Å². The average Bonchev–Trinajstić information content (AvgIpc) is 2.18. The molecule has 14 heavy (non-hydrogen) atoms. The molecule has 2 heteroatoms. The van der Waals surface area contributed by atoms with Gasteiger partial charge in [0.2, 0.25) is 0 Å². The Balaban J connectivity index is 3.07. The number of carbonyl (C=O) groups is 1. The summed E-state index contributed by atoms with van der Waals surface area (Å²) in [6.45, 7) is 4.23. The van der Waals surface area contributed by atoms with Crippen molar-refractivity contribution < 1.29 is 9.53 Å². The quantitative estimate of drug-likeness (QED) is 0.685. The standard InChI is InChI=1S/C12H16O2/c1-9(2)11-8-10(6-7-13)4-5-12(11)14-3/h4-5,7-9H,6H2,1-3H3. The third kappa shape index (κ3) is 2.34. The molecule has 1 rings (SSSR count). The number of carbonyl (C=O) groups excluding carboxylic acids is 1. The van der Waals surface area contributed by atoms with Crippen LogP contribution in [-0.2, 0) is 11.2 Å². The van der Waals surface area contributed by atoms with Gasteiger partial charge >= 0.3 is 0 Å². The van der Waals surface area contributed by atoms with Crippen LogP contribution in [0.1, 0.15) is 30.9 Å². The molecule has 0 saturated heterocycles. The van der Waals surface area contributed by atoms with E-state index in [-0.39, 0.29) is 0 Å². The average molecular weight is 192 g/mol. The SMILES string of the molecule is COc1ccc(CC=O)cc1C(C)C. The molecule has 1 aromatic carbocycles. The largest absolute Gasteiger partial charge is 0.496 e. The van der Waals surface area contributed by atoms with Crippen LogP contribution in [0.4, 0.5) is 0 Å². The van der Waals surface area contributed by atoms with Crippen LogP contribution in [0.15, 0.2) is 18.2 Å². The Hall–Kier alpha value is -1.31. The molecule has 0 atom stereocenters. The number of aldehydes is 1. The van der Waals surface area contributed by atoms with Crippen molar-refractivity contribution in [3.05, 3.63) is 29.3 Å². The minimum Gasteiger partial charge on any atom is -0.496 e. The van der Waals surface area contributed by atoms with Crippen LogP contribution < -0.4 is 4.74 Å². The summed E-state index contributed by atoms with van der Waals surface area (Å²) in [5.41, 5.74) is 2.20. The summed E-state index contributed by atoms with van der Waals surface area (Å²) in [4.78, 5) is 10.4. The van der Waals surface area contributed by atoms with E-state index >= 15 is 0 Å². The fourth-order valence-corrected chi connectivity index (χ4v) is 1.46. The van der Waals surface area contributed by atoms with Crippen molar-refractivity contribution in [2.45, 2.75) is 26.2 Å². The fourth-order valence-electron chi connectivity index (χ4n) is 1.46. The van der Waals surface area contributed by atoms with E-state index < -0.39 is 0 Å². The van der Waals surface area contributed by atoms with Gasteiger partial charge in [-0.15, -0.1) is 0 Å². The maximum Gasteiger partial charge on any atom is 0.124 e. The third-order valence-corrected chi connectivity index (χ3v) is 2.24. The van der Waals surface area contributed by atoms with Crippen molar-refractivity contribution in [2.75, 3.05) is 7.11 Å². The molecule has 0 aliphatic heterocycles. The highest BCUT2D eigenvalue weighted by molar-refractivity contribution is 5.56. The maximum atomic E-state index is 10.4. The third-order valence-electron chi connectivity index (χ3n) is 2.24. The summed E-state index contributed by atoms with van der Waals surface area (Å²) >= 11 is 0. The summed E-state index contributed by atoms with van der Waals surface area (Å²) in [6, 6.07) is 5.89. The lowest BCUT2D eigenvalue weighted by molar-refractivity contribution is -0.107. The van der Waals surface area contributed by atoms with Gasteiger partial charge in [-0.1, -0.05) is 26.0 Å². The zero-order valence-electron chi connectivity index (χ0n) is 8.91. The number of hydrogen-bond donors (Lipinski definition) is 0. The molecule has 1 aromatic rings. The van der Waals surface area contributed by atoms with Gasteiger partial charge in [-0.25, -0.2) is 0 Å². The predicted molar refractivity (Wildman–Crippen MR) is 56.9 cm³/mol. The van der Waals surface area contributed by atoms with Crippen molar-refractivity contribution in [3.63, 3.8) is 0 Å². The summed E-state index contributed by atoms with van der Waals surface area (Å²) in [7, 11) is 1.67. The Morgan fingerprint density at radius 3 is 2.64 bits per heavy atom. The highest BCUT2D eigenvalue weighted by Crippen LogP contribution is 2.27. The van der Waals surface area contributed by atoms with E-state index in [1.165, 1.54) is 0 Å². The second-order valence-electron chi connectivity index (χ2n) is 3.60. The van der Waals surface area contributed by atoms with Gasteiger partial charge < -0.3 is 9.53 Å². The Labute approximate surface area is 84.9 Å². The van der Waals surface area contributed by atoms with Crippen LogP contribution in [0, 0.1) is 0 Å². The lowest BCUT2D eigenvalue weighted by Gasteiger charge is -2.12. The molecule has 0 unspecified atom stereocenters. The first-order valence-electron chi connectivity index (χ1n) is 4.79. The first-order chi connectivity index (χ1) is 6.69. The molecular formula is C12H16O2. The summed E-state index contributed by atoms with van der Waals surface area (Å²) in [6.07, 6.45) is 1.40. The Morgan fingerprint density at radius 2 is 2.14 bits per heavy atom. The van der Waals surface area contributed by atoms with E-state index in [4.69, 9.17) is 4.74 Å². The molecule has 0 aliphatic carbocycles. The Kier molecular flexibility index (Phi) is 3.69. The van der Waals surface area contributed by atoms with Gasteiger partial charge in [0.05, 0.1) is 7.11 Å². The van der Waals surface area contributed by atoms with E-state index in [0.717, 1.165) is 23.2 Å². The van der Waals surface area contributed by atoms with Gasteiger partial charge in [-0.05, 0) is 23.1 Å². The summed E-state index contributed by atoms with van der Waals surface area (Å²) in [5, 5.41) is 0. The predicted octanol–water partition coefficient (Wildman–Crippen LogP) is 2.56. The monoisotopic (exact) mass is 192 g/mol. The molecule has 0 aliphatic rings. The molecule has 0 saturated carbocycles. The van der Waals surface area contributed by atoms with E-state index in [2.05, 4.69) is 13.8 Å². The Bertz CT molecular complexity index is 316. The van der Waals surface area contributed by atoms with Gasteiger partial charge in [-0.3, -0.25) is 0 Å². The molecule has 0 fully saturated rings. The Morgan fingerprint density at radius 1 is 1.43 bits per heavy atom. The topological polar surface area (TPSA) is 26.3 Å². The van der Waals surface area contributed by atoms with E-state index in [0.29, 0.717) is 12.3 Å². The minimum absolute atomic E-state index is 0.413. The molecule has 0 spiro atoms. The molecule has 0 N–H and O–H groups in total. The number of rotatable bonds is 4. The smallest absolute Gasteiger partial charge is 0.124 e. The summed E-state index contributed by atoms with van der Waals surface area (Å²) in [5.74, 6) is 1.31. The number of methoxy groups -OCH3 is 1. The number of ether oxygens (including phenoxy) is 1. The molecule has 0 radical (unpaired) electrons. The van der Waals surface area contributed by atoms with Crippen molar-refractivity contribution in [3.8, 4) is 5.75 Å². The normalized spacial score (nSPS) is 10.3. The summed E-state index contributed by atoms with van der Waals surface area (Å²) < 4.78 is 5.25. The van der Waals surface area contributed by atoms with Crippen molar-refractivity contribution in [1.82, 2.24) is 0 Å². The minimum atomic E-state index is 0.413.